The highest BCUT2D eigenvalue weighted by molar-refractivity contribution is 7.78. The van der Waals surface area contributed by atoms with E-state index in [1.165, 1.54) is 0 Å². The number of rotatable bonds is 5. The average Bonchev–Trinajstić information content (AvgIpc) is 2.01. The van der Waals surface area contributed by atoms with E-state index < -0.39 is 0 Å². The van der Waals surface area contributed by atoms with Crippen LogP contribution in [-0.4, -0.2) is 24.2 Å². The highest BCUT2D eigenvalue weighted by Gasteiger charge is 1.96. The topological polar surface area (TPSA) is 41.5 Å². The average molecular weight is 172 g/mol. The second kappa shape index (κ2) is 7.38. The lowest BCUT2D eigenvalue weighted by Crippen LogP contribution is -2.24. The van der Waals surface area contributed by atoms with Crippen LogP contribution in [0.25, 0.3) is 0 Å². The van der Waals surface area contributed by atoms with Crippen molar-refractivity contribution in [2.24, 2.45) is 4.99 Å². The van der Waals surface area contributed by atoms with Gasteiger partial charge in [-0.3, -0.25) is 4.79 Å². The number of nitrogens with zero attached hydrogens (tertiary/aromatic N) is 1. The number of nitrogens with one attached hydrogen (secondary N) is 1. The number of carbonyl (C=O) groups is 1. The Labute approximate surface area is 71.9 Å². The number of amides is 1. The van der Waals surface area contributed by atoms with Crippen LogP contribution in [0, 0.1) is 0 Å². The molecular formula is C7H12N2OS. The van der Waals surface area contributed by atoms with E-state index >= 15 is 0 Å². The van der Waals surface area contributed by atoms with Gasteiger partial charge in [-0.2, -0.15) is 0 Å². The molecule has 0 atom stereocenters. The zero-order valence-corrected chi connectivity index (χ0v) is 7.41. The maximum atomic E-state index is 10.8. The fourth-order valence-electron chi connectivity index (χ4n) is 0.556. The van der Waals surface area contributed by atoms with Crippen LogP contribution in [0.5, 0.6) is 0 Å². The summed E-state index contributed by atoms with van der Waals surface area (Å²) >= 11 is 4.34. The van der Waals surface area contributed by atoms with Gasteiger partial charge in [0.15, 0.2) is 0 Å². The summed E-state index contributed by atoms with van der Waals surface area (Å²) in [5.74, 6) is 0.0286. The normalized spacial score (nSPS) is 8.45. The van der Waals surface area contributed by atoms with Crippen molar-refractivity contribution in [2.75, 3.05) is 13.1 Å². The number of hydrogen-bond acceptors (Lipinski definition) is 3. The number of carbonyl (C=O) groups excluding carboxylic acids is 1. The molecule has 0 saturated heterocycles. The smallest absolute Gasteiger partial charge is 0.221 e. The van der Waals surface area contributed by atoms with Gasteiger partial charge in [0, 0.05) is 13.0 Å². The Kier molecular flexibility index (Phi) is 6.89. The minimum Gasteiger partial charge on any atom is -0.356 e. The molecule has 3 nitrogen and oxygen atoms in total. The van der Waals surface area contributed by atoms with Gasteiger partial charge in [-0.15, -0.1) is 0 Å². The van der Waals surface area contributed by atoms with Gasteiger partial charge in [0.1, 0.15) is 0 Å². The molecule has 1 amide bonds. The molecule has 0 aromatic heterocycles. The van der Waals surface area contributed by atoms with Gasteiger partial charge in [-0.1, -0.05) is 6.92 Å². The van der Waals surface area contributed by atoms with Crippen molar-refractivity contribution in [1.29, 1.82) is 0 Å². The Morgan fingerprint density at radius 3 is 3.00 bits per heavy atom. The first kappa shape index (κ1) is 10.3. The minimum atomic E-state index is 0.0286. The van der Waals surface area contributed by atoms with Gasteiger partial charge in [-0.05, 0) is 18.6 Å². The molecule has 4 heteroatoms. The van der Waals surface area contributed by atoms with E-state index in [1.807, 2.05) is 6.92 Å². The van der Waals surface area contributed by atoms with E-state index in [-0.39, 0.29) is 5.91 Å². The summed E-state index contributed by atoms with van der Waals surface area (Å²) in [6, 6.07) is 0. The Balaban J connectivity index is 3.29. The Bertz CT molecular complexity index is 164. The molecule has 0 heterocycles. The molecule has 0 aromatic rings. The summed E-state index contributed by atoms with van der Waals surface area (Å²) in [7, 11) is 0. The summed E-state index contributed by atoms with van der Waals surface area (Å²) in [6.07, 6.45) is 1.37. The number of hydrogen-bond donors (Lipinski definition) is 1. The molecule has 0 saturated carbocycles. The Morgan fingerprint density at radius 2 is 2.45 bits per heavy atom. The zero-order chi connectivity index (χ0) is 8.53. The third kappa shape index (κ3) is 7.16. The Morgan fingerprint density at radius 1 is 1.73 bits per heavy atom. The molecule has 11 heavy (non-hydrogen) atoms. The van der Waals surface area contributed by atoms with Gasteiger partial charge in [0.2, 0.25) is 5.91 Å². The van der Waals surface area contributed by atoms with E-state index in [2.05, 4.69) is 27.7 Å². The van der Waals surface area contributed by atoms with Crippen LogP contribution in [-0.2, 0) is 4.79 Å². The fraction of sp³-hybridized carbons (Fsp3) is 0.714. The van der Waals surface area contributed by atoms with Crippen molar-refractivity contribution in [3.8, 4) is 0 Å². The lowest BCUT2D eigenvalue weighted by molar-refractivity contribution is -0.120. The first-order chi connectivity index (χ1) is 5.31. The lowest BCUT2D eigenvalue weighted by atomic mass is 10.4. The molecule has 0 spiro atoms. The lowest BCUT2D eigenvalue weighted by Gasteiger charge is -1.99. The maximum absolute atomic E-state index is 10.8. The van der Waals surface area contributed by atoms with Crippen LogP contribution in [0.15, 0.2) is 4.99 Å². The van der Waals surface area contributed by atoms with E-state index in [1.54, 1.807) is 0 Å². The summed E-state index contributed by atoms with van der Waals surface area (Å²) in [5, 5.41) is 4.94. The molecule has 0 aliphatic heterocycles. The van der Waals surface area contributed by atoms with Gasteiger partial charge in [0.05, 0.1) is 11.7 Å². The molecule has 1 N–H and O–H groups in total. The first-order valence-corrected chi connectivity index (χ1v) is 4.02. The standard InChI is InChI=1S/C7H12N2OS/c1-2-4-9-7(10)3-5-8-6-11/h2-5H2,1H3,(H,9,10). The largest absolute Gasteiger partial charge is 0.356 e. The molecule has 0 aliphatic carbocycles. The number of aliphatic imine (C=N–C) groups is 1. The van der Waals surface area contributed by atoms with Gasteiger partial charge >= 0.3 is 0 Å². The summed E-state index contributed by atoms with van der Waals surface area (Å²) < 4.78 is 0. The second-order valence-electron chi connectivity index (χ2n) is 2.07. The molecule has 0 bridgehead atoms. The van der Waals surface area contributed by atoms with Crippen molar-refractivity contribution >= 4 is 23.3 Å². The van der Waals surface area contributed by atoms with Crippen molar-refractivity contribution in [3.63, 3.8) is 0 Å². The summed E-state index contributed by atoms with van der Waals surface area (Å²) in [4.78, 5) is 14.5. The van der Waals surface area contributed by atoms with Crippen LogP contribution in [0.3, 0.4) is 0 Å². The van der Waals surface area contributed by atoms with Gasteiger partial charge < -0.3 is 5.32 Å². The maximum Gasteiger partial charge on any atom is 0.221 e. The monoisotopic (exact) mass is 172 g/mol. The van der Waals surface area contributed by atoms with E-state index in [0.29, 0.717) is 13.0 Å². The van der Waals surface area contributed by atoms with Crippen LogP contribution in [0.2, 0.25) is 0 Å². The zero-order valence-electron chi connectivity index (χ0n) is 6.59. The van der Waals surface area contributed by atoms with Crippen molar-refractivity contribution in [1.82, 2.24) is 5.32 Å². The highest BCUT2D eigenvalue weighted by atomic mass is 32.1. The molecule has 0 aliphatic rings. The molecule has 0 rings (SSSR count). The predicted molar refractivity (Wildman–Crippen MR) is 47.8 cm³/mol. The van der Waals surface area contributed by atoms with E-state index in [9.17, 15) is 4.79 Å². The molecule has 0 radical (unpaired) electrons. The van der Waals surface area contributed by atoms with E-state index in [0.717, 1.165) is 13.0 Å². The first-order valence-electron chi connectivity index (χ1n) is 3.61. The third-order valence-corrected chi connectivity index (χ3v) is 1.22. The van der Waals surface area contributed by atoms with Crippen molar-refractivity contribution < 1.29 is 4.79 Å². The molecular weight excluding hydrogens is 160 g/mol. The van der Waals surface area contributed by atoms with E-state index in [4.69, 9.17) is 0 Å². The number of isothiocyanates is 1. The third-order valence-electron chi connectivity index (χ3n) is 1.09. The van der Waals surface area contributed by atoms with Crippen LogP contribution in [0.1, 0.15) is 19.8 Å². The summed E-state index contributed by atoms with van der Waals surface area (Å²) in [5.41, 5.74) is 0. The number of thiocarbonyl (C=S) groups is 1. The minimum absolute atomic E-state index is 0.0286. The molecule has 0 fully saturated rings. The van der Waals surface area contributed by atoms with Crippen LogP contribution in [0.4, 0.5) is 0 Å². The van der Waals surface area contributed by atoms with Crippen molar-refractivity contribution in [2.45, 2.75) is 19.8 Å². The van der Waals surface area contributed by atoms with Gasteiger partial charge in [-0.25, -0.2) is 4.99 Å². The predicted octanol–water partition coefficient (Wildman–Crippen LogP) is 1.01. The van der Waals surface area contributed by atoms with Crippen molar-refractivity contribution in [3.05, 3.63) is 0 Å². The molecule has 0 aromatic carbocycles. The quantitative estimate of drug-likeness (QED) is 0.496. The summed E-state index contributed by atoms with van der Waals surface area (Å²) in [6.45, 7) is 3.19. The van der Waals surface area contributed by atoms with Crippen LogP contribution >= 0.6 is 12.2 Å². The SMILES string of the molecule is CCCNC(=O)CCN=C=S. The highest BCUT2D eigenvalue weighted by Crippen LogP contribution is 1.81. The second-order valence-corrected chi connectivity index (χ2v) is 2.26. The molecule has 62 valence electrons. The van der Waals surface area contributed by atoms with Crippen LogP contribution < -0.4 is 5.32 Å². The molecule has 0 unspecified atom stereocenters. The fourth-order valence-corrected chi connectivity index (χ4v) is 0.647. The van der Waals surface area contributed by atoms with Gasteiger partial charge in [0.25, 0.3) is 0 Å². The Hall–Kier alpha value is -0.730.